The highest BCUT2D eigenvalue weighted by Gasteiger charge is 2.13. The van der Waals surface area contributed by atoms with Gasteiger partial charge in [-0.3, -0.25) is 14.3 Å². The van der Waals surface area contributed by atoms with Gasteiger partial charge in [0.25, 0.3) is 11.8 Å². The van der Waals surface area contributed by atoms with Gasteiger partial charge in [0.1, 0.15) is 0 Å². The minimum atomic E-state index is -0.324. The molecule has 2 N–H and O–H groups in total. The van der Waals surface area contributed by atoms with Crippen LogP contribution in [0.2, 0.25) is 10.0 Å². The maximum absolute atomic E-state index is 12.5. The average molecular weight is 431 g/mol. The Kier molecular flexibility index (Phi) is 6.90. The minimum Gasteiger partial charge on any atom is -0.352 e. The quantitative estimate of drug-likeness (QED) is 0.573. The third-order valence-corrected chi connectivity index (χ3v) is 4.87. The van der Waals surface area contributed by atoms with E-state index in [0.29, 0.717) is 34.9 Å². The van der Waals surface area contributed by atoms with Crippen LogP contribution in [0.15, 0.2) is 54.9 Å². The second kappa shape index (κ2) is 9.58. The first-order chi connectivity index (χ1) is 14.0. The van der Waals surface area contributed by atoms with Crippen LogP contribution in [0.5, 0.6) is 0 Å². The van der Waals surface area contributed by atoms with Crippen molar-refractivity contribution in [3.63, 3.8) is 0 Å². The summed E-state index contributed by atoms with van der Waals surface area (Å²) in [6, 6.07) is 12.2. The number of nitrogens with one attached hydrogen (secondary N) is 2. The summed E-state index contributed by atoms with van der Waals surface area (Å²) in [7, 11) is 0. The van der Waals surface area contributed by atoms with E-state index in [4.69, 9.17) is 23.2 Å². The summed E-state index contributed by atoms with van der Waals surface area (Å²) in [5, 5.41) is 10.7. The van der Waals surface area contributed by atoms with Crippen LogP contribution in [0.25, 0.3) is 0 Å². The van der Waals surface area contributed by atoms with Gasteiger partial charge in [0, 0.05) is 23.5 Å². The highest BCUT2D eigenvalue weighted by atomic mass is 35.5. The van der Waals surface area contributed by atoms with Crippen LogP contribution in [0.3, 0.4) is 0 Å². The third-order valence-electron chi connectivity index (χ3n) is 4.19. The van der Waals surface area contributed by atoms with E-state index in [0.717, 1.165) is 12.0 Å². The van der Waals surface area contributed by atoms with Crippen molar-refractivity contribution in [2.75, 3.05) is 11.9 Å². The molecule has 2 amide bonds. The normalized spacial score (nSPS) is 10.6. The Balaban J connectivity index is 1.66. The van der Waals surface area contributed by atoms with Gasteiger partial charge in [-0.2, -0.15) is 5.10 Å². The number of amides is 2. The Morgan fingerprint density at radius 3 is 2.59 bits per heavy atom. The molecule has 0 atom stereocenters. The van der Waals surface area contributed by atoms with Gasteiger partial charge in [-0.05, 0) is 36.2 Å². The lowest BCUT2D eigenvalue weighted by molar-refractivity contribution is 0.0953. The van der Waals surface area contributed by atoms with Crippen molar-refractivity contribution in [2.24, 2.45) is 0 Å². The predicted octanol–water partition coefficient (Wildman–Crippen LogP) is 4.63. The first-order valence-electron chi connectivity index (χ1n) is 9.13. The van der Waals surface area contributed by atoms with Crippen molar-refractivity contribution in [1.29, 1.82) is 0 Å². The summed E-state index contributed by atoms with van der Waals surface area (Å²) in [6.07, 6.45) is 3.97. The van der Waals surface area contributed by atoms with E-state index in [-0.39, 0.29) is 16.8 Å². The Morgan fingerprint density at radius 2 is 1.86 bits per heavy atom. The summed E-state index contributed by atoms with van der Waals surface area (Å²) < 4.78 is 1.64. The molecule has 1 heterocycles. The fourth-order valence-electron chi connectivity index (χ4n) is 2.68. The number of anilines is 1. The molecule has 1 aromatic heterocycles. The average Bonchev–Trinajstić information content (AvgIpc) is 3.17. The van der Waals surface area contributed by atoms with Gasteiger partial charge in [-0.25, -0.2) is 0 Å². The summed E-state index contributed by atoms with van der Waals surface area (Å²) in [4.78, 5) is 24.6. The molecule has 0 saturated heterocycles. The van der Waals surface area contributed by atoms with E-state index in [2.05, 4.69) is 15.7 Å². The van der Waals surface area contributed by atoms with E-state index in [1.165, 1.54) is 6.20 Å². The molecule has 29 heavy (non-hydrogen) atoms. The zero-order chi connectivity index (χ0) is 20.8. The Labute approximate surface area is 178 Å². The Hall–Kier alpha value is -2.83. The van der Waals surface area contributed by atoms with Crippen LogP contribution in [-0.2, 0) is 6.54 Å². The summed E-state index contributed by atoms with van der Waals surface area (Å²) in [6.45, 7) is 3.00. The molecule has 0 spiro atoms. The van der Waals surface area contributed by atoms with Crippen LogP contribution in [0.1, 0.15) is 39.6 Å². The van der Waals surface area contributed by atoms with Crippen LogP contribution >= 0.6 is 23.2 Å². The second-order valence-electron chi connectivity index (χ2n) is 6.42. The highest BCUT2D eigenvalue weighted by Crippen LogP contribution is 2.22. The van der Waals surface area contributed by atoms with Crippen LogP contribution < -0.4 is 10.6 Å². The molecule has 0 fully saturated rings. The number of nitrogens with zero attached hydrogens (tertiary/aromatic N) is 2. The number of benzene rings is 2. The molecule has 0 aliphatic heterocycles. The fraction of sp³-hybridized carbons (Fsp3) is 0.190. The number of carbonyl (C=O) groups excluding carboxylic acids is 2. The molecule has 0 bridgehead atoms. The van der Waals surface area contributed by atoms with E-state index < -0.39 is 0 Å². The molecule has 0 unspecified atom stereocenters. The van der Waals surface area contributed by atoms with Crippen molar-refractivity contribution in [3.05, 3.63) is 81.6 Å². The SMILES string of the molecule is CCCNC(=O)c1ccc(NC(=O)c2cnn(Cc3ccccc3Cl)c2)cc1Cl. The topological polar surface area (TPSA) is 76.0 Å². The number of halogens is 2. The molecule has 2 aromatic carbocycles. The molecular formula is C21H20Cl2N4O2. The molecule has 8 heteroatoms. The summed E-state index contributed by atoms with van der Waals surface area (Å²) in [5.74, 6) is -0.565. The second-order valence-corrected chi connectivity index (χ2v) is 7.24. The standard InChI is InChI=1S/C21H20Cl2N4O2/c1-2-9-24-21(29)17-8-7-16(10-19(17)23)26-20(28)15-11-25-27(13-15)12-14-5-3-4-6-18(14)22/h3-8,10-11,13H,2,9,12H2,1H3,(H,24,29)(H,26,28). The number of hydrogen-bond acceptors (Lipinski definition) is 3. The van der Waals surface area contributed by atoms with Gasteiger partial charge in [0.15, 0.2) is 0 Å². The Morgan fingerprint density at radius 1 is 1.07 bits per heavy atom. The highest BCUT2D eigenvalue weighted by molar-refractivity contribution is 6.34. The predicted molar refractivity (Wildman–Crippen MR) is 115 cm³/mol. The van der Waals surface area contributed by atoms with Crippen molar-refractivity contribution in [1.82, 2.24) is 15.1 Å². The molecule has 3 aromatic rings. The molecule has 0 saturated carbocycles. The zero-order valence-corrected chi connectivity index (χ0v) is 17.3. The van der Waals surface area contributed by atoms with Gasteiger partial charge in [-0.1, -0.05) is 48.3 Å². The minimum absolute atomic E-state index is 0.240. The summed E-state index contributed by atoms with van der Waals surface area (Å²) in [5.41, 5.74) is 2.17. The maximum Gasteiger partial charge on any atom is 0.258 e. The largest absolute Gasteiger partial charge is 0.352 e. The molecule has 3 rings (SSSR count). The van der Waals surface area contributed by atoms with Crippen LogP contribution in [0, 0.1) is 0 Å². The van der Waals surface area contributed by atoms with Gasteiger partial charge in [0.05, 0.1) is 28.9 Å². The summed E-state index contributed by atoms with van der Waals surface area (Å²) >= 11 is 12.4. The maximum atomic E-state index is 12.5. The van der Waals surface area contributed by atoms with E-state index in [1.807, 2.05) is 31.2 Å². The fourth-order valence-corrected chi connectivity index (χ4v) is 3.14. The lowest BCUT2D eigenvalue weighted by atomic mass is 10.2. The first kappa shape index (κ1) is 20.9. The van der Waals surface area contributed by atoms with Crippen LogP contribution in [0.4, 0.5) is 5.69 Å². The van der Waals surface area contributed by atoms with Gasteiger partial charge >= 0.3 is 0 Å². The van der Waals surface area contributed by atoms with Crippen molar-refractivity contribution in [2.45, 2.75) is 19.9 Å². The number of aromatic nitrogens is 2. The molecule has 0 radical (unpaired) electrons. The number of hydrogen-bond donors (Lipinski definition) is 2. The number of carbonyl (C=O) groups is 2. The molecule has 150 valence electrons. The molecule has 0 aliphatic carbocycles. The number of rotatable bonds is 7. The van der Waals surface area contributed by atoms with Gasteiger partial charge < -0.3 is 10.6 Å². The van der Waals surface area contributed by atoms with Gasteiger partial charge in [0.2, 0.25) is 0 Å². The molecule has 0 aliphatic rings. The van der Waals surface area contributed by atoms with Crippen molar-refractivity contribution < 1.29 is 9.59 Å². The monoisotopic (exact) mass is 430 g/mol. The van der Waals surface area contributed by atoms with Crippen molar-refractivity contribution >= 4 is 40.7 Å². The Bertz CT molecular complexity index is 1030. The van der Waals surface area contributed by atoms with Crippen molar-refractivity contribution in [3.8, 4) is 0 Å². The van der Waals surface area contributed by atoms with Gasteiger partial charge in [-0.15, -0.1) is 0 Å². The zero-order valence-electron chi connectivity index (χ0n) is 15.8. The van der Waals surface area contributed by atoms with E-state index in [9.17, 15) is 9.59 Å². The molecular weight excluding hydrogens is 411 g/mol. The first-order valence-corrected chi connectivity index (χ1v) is 9.88. The smallest absolute Gasteiger partial charge is 0.258 e. The lowest BCUT2D eigenvalue weighted by Gasteiger charge is -2.08. The van der Waals surface area contributed by atoms with E-state index in [1.54, 1.807) is 29.1 Å². The van der Waals surface area contributed by atoms with Crippen LogP contribution in [-0.4, -0.2) is 28.1 Å². The van der Waals surface area contributed by atoms with E-state index >= 15 is 0 Å². The lowest BCUT2D eigenvalue weighted by Crippen LogP contribution is -2.24. The molecule has 6 nitrogen and oxygen atoms in total. The third kappa shape index (κ3) is 5.37.